The zero-order chi connectivity index (χ0) is 24.5. The molecule has 0 saturated carbocycles. The molecule has 0 unspecified atom stereocenters. The predicted octanol–water partition coefficient (Wildman–Crippen LogP) is 2.53. The molecule has 3 aliphatic rings. The number of amides is 2. The highest BCUT2D eigenvalue weighted by atomic mass is 32.2. The van der Waals surface area contributed by atoms with Gasteiger partial charge >= 0.3 is 0 Å². The molecule has 1 aliphatic carbocycles. The maximum atomic E-state index is 13.0. The number of ketones is 1. The van der Waals surface area contributed by atoms with Crippen molar-refractivity contribution in [1.29, 1.82) is 0 Å². The number of rotatable bonds is 9. The van der Waals surface area contributed by atoms with Crippen LogP contribution in [-0.4, -0.2) is 74.2 Å². The van der Waals surface area contributed by atoms with Crippen molar-refractivity contribution in [2.75, 3.05) is 43.9 Å². The topological polar surface area (TPSA) is 95.1 Å². The minimum atomic E-state index is -3.10. The molecule has 0 bridgehead atoms. The average molecular weight is 488 g/mol. The number of anilines is 1. The molecule has 1 aromatic rings. The molecule has 34 heavy (non-hydrogen) atoms. The van der Waals surface area contributed by atoms with Gasteiger partial charge in [-0.25, -0.2) is 13.3 Å². The SMILES string of the molecule is CC1=C(CCCCCCN2CCN(S(C)(=O)=O)CC2)C(=O)N(c2ccc3c(c2)CCC3=O)C1=O. The molecule has 0 atom stereocenters. The smallest absolute Gasteiger partial charge is 0.261 e. The molecule has 1 fully saturated rings. The Morgan fingerprint density at radius 3 is 2.29 bits per heavy atom. The molecule has 1 aromatic carbocycles. The monoisotopic (exact) mass is 487 g/mol. The molecule has 2 aliphatic heterocycles. The number of piperazine rings is 1. The third kappa shape index (κ3) is 5.16. The molecular weight excluding hydrogens is 454 g/mol. The van der Waals surface area contributed by atoms with Gasteiger partial charge in [0.2, 0.25) is 10.0 Å². The summed E-state index contributed by atoms with van der Waals surface area (Å²) in [5.74, 6) is -0.389. The van der Waals surface area contributed by atoms with Crippen LogP contribution in [-0.2, 0) is 26.0 Å². The van der Waals surface area contributed by atoms with Gasteiger partial charge in [-0.2, -0.15) is 4.31 Å². The molecule has 4 rings (SSSR count). The highest BCUT2D eigenvalue weighted by Crippen LogP contribution is 2.33. The van der Waals surface area contributed by atoms with Crippen LogP contribution in [0.4, 0.5) is 5.69 Å². The van der Waals surface area contributed by atoms with Crippen molar-refractivity contribution in [2.24, 2.45) is 0 Å². The van der Waals surface area contributed by atoms with E-state index >= 15 is 0 Å². The Labute approximate surface area is 201 Å². The second-order valence-electron chi connectivity index (χ2n) is 9.48. The third-order valence-electron chi connectivity index (χ3n) is 7.16. The van der Waals surface area contributed by atoms with Crippen molar-refractivity contribution < 1.29 is 22.8 Å². The van der Waals surface area contributed by atoms with Crippen molar-refractivity contribution in [3.05, 3.63) is 40.5 Å². The van der Waals surface area contributed by atoms with Crippen molar-refractivity contribution in [3.8, 4) is 0 Å². The quantitative estimate of drug-likeness (QED) is 0.392. The third-order valence-corrected chi connectivity index (χ3v) is 8.46. The summed E-state index contributed by atoms with van der Waals surface area (Å²) in [5, 5.41) is 0. The van der Waals surface area contributed by atoms with E-state index in [1.54, 1.807) is 19.1 Å². The van der Waals surface area contributed by atoms with Crippen molar-refractivity contribution >= 4 is 33.3 Å². The van der Waals surface area contributed by atoms with Crippen LogP contribution < -0.4 is 4.90 Å². The van der Waals surface area contributed by atoms with Crippen LogP contribution in [0.3, 0.4) is 0 Å². The van der Waals surface area contributed by atoms with E-state index in [1.165, 1.54) is 15.5 Å². The van der Waals surface area contributed by atoms with Gasteiger partial charge in [0.1, 0.15) is 0 Å². The number of unbranched alkanes of at least 4 members (excludes halogenated alkanes) is 3. The standard InChI is InChI=1S/C25H33N3O5S/c1-18-21(7-5-3-4-6-12-26-13-15-27(16-14-26)34(2,32)33)25(31)28(24(18)30)20-9-10-22-19(17-20)8-11-23(22)29/h9-10,17H,3-8,11-16H2,1-2H3. The van der Waals surface area contributed by atoms with Gasteiger partial charge < -0.3 is 4.90 Å². The molecule has 0 N–H and O–H groups in total. The van der Waals surface area contributed by atoms with Gasteiger partial charge in [-0.05, 0) is 62.9 Å². The summed E-state index contributed by atoms with van der Waals surface area (Å²) < 4.78 is 24.7. The lowest BCUT2D eigenvalue weighted by atomic mass is 10.0. The van der Waals surface area contributed by atoms with Gasteiger partial charge in [0.15, 0.2) is 5.78 Å². The number of aryl methyl sites for hydroxylation is 1. The molecular formula is C25H33N3O5S. The zero-order valence-electron chi connectivity index (χ0n) is 20.0. The minimum Gasteiger partial charge on any atom is -0.301 e. The van der Waals surface area contributed by atoms with Gasteiger partial charge in [0, 0.05) is 49.3 Å². The average Bonchev–Trinajstić information content (AvgIpc) is 3.27. The normalized spacial score (nSPS) is 20.1. The molecule has 2 heterocycles. The number of hydrogen-bond donors (Lipinski definition) is 0. The maximum absolute atomic E-state index is 13.0. The fourth-order valence-electron chi connectivity index (χ4n) is 5.07. The second-order valence-corrected chi connectivity index (χ2v) is 11.5. The number of Topliss-reactive ketones (excluding diaryl/α,β-unsaturated/α-hetero) is 1. The van der Waals surface area contributed by atoms with E-state index in [4.69, 9.17) is 0 Å². The lowest BCUT2D eigenvalue weighted by Gasteiger charge is -2.33. The first kappa shape index (κ1) is 24.8. The second kappa shape index (κ2) is 10.1. The summed E-state index contributed by atoms with van der Waals surface area (Å²) in [6.07, 6.45) is 6.87. The molecule has 0 radical (unpaired) electrons. The Kier molecular flexibility index (Phi) is 7.35. The van der Waals surface area contributed by atoms with E-state index < -0.39 is 10.0 Å². The Morgan fingerprint density at radius 2 is 1.59 bits per heavy atom. The van der Waals surface area contributed by atoms with E-state index in [1.807, 2.05) is 6.07 Å². The first-order valence-electron chi connectivity index (χ1n) is 12.1. The Morgan fingerprint density at radius 1 is 0.882 bits per heavy atom. The van der Waals surface area contributed by atoms with Gasteiger partial charge in [0.25, 0.3) is 11.8 Å². The van der Waals surface area contributed by atoms with E-state index in [0.717, 1.165) is 50.9 Å². The van der Waals surface area contributed by atoms with E-state index in [-0.39, 0.29) is 17.6 Å². The highest BCUT2D eigenvalue weighted by Gasteiger charge is 2.37. The predicted molar refractivity (Wildman–Crippen MR) is 130 cm³/mol. The summed E-state index contributed by atoms with van der Waals surface area (Å²) in [7, 11) is -3.10. The van der Waals surface area contributed by atoms with Gasteiger partial charge in [-0.15, -0.1) is 0 Å². The van der Waals surface area contributed by atoms with Crippen LogP contribution in [0.25, 0.3) is 0 Å². The van der Waals surface area contributed by atoms with Crippen LogP contribution in [0.15, 0.2) is 29.3 Å². The molecule has 1 saturated heterocycles. The van der Waals surface area contributed by atoms with E-state index in [2.05, 4.69) is 4.90 Å². The summed E-state index contributed by atoms with van der Waals surface area (Å²) in [6, 6.07) is 5.24. The maximum Gasteiger partial charge on any atom is 0.261 e. The first-order chi connectivity index (χ1) is 16.2. The lowest BCUT2D eigenvalue weighted by molar-refractivity contribution is -0.120. The largest absolute Gasteiger partial charge is 0.301 e. The number of sulfonamides is 1. The minimum absolute atomic E-state index is 0.117. The summed E-state index contributed by atoms with van der Waals surface area (Å²) in [5.41, 5.74) is 3.27. The van der Waals surface area contributed by atoms with Crippen molar-refractivity contribution in [3.63, 3.8) is 0 Å². The Bertz CT molecular complexity index is 1130. The number of carbonyl (C=O) groups is 3. The Hall–Kier alpha value is -2.36. The molecule has 2 amide bonds. The molecule has 8 nitrogen and oxygen atoms in total. The fourth-order valence-corrected chi connectivity index (χ4v) is 5.90. The molecule has 184 valence electrons. The number of hydrogen-bond acceptors (Lipinski definition) is 6. The fraction of sp³-hybridized carbons (Fsp3) is 0.560. The van der Waals surface area contributed by atoms with Gasteiger partial charge in [0.05, 0.1) is 11.9 Å². The van der Waals surface area contributed by atoms with E-state index in [0.29, 0.717) is 54.7 Å². The number of fused-ring (bicyclic) bond motifs is 1. The zero-order valence-corrected chi connectivity index (χ0v) is 20.8. The molecule has 0 spiro atoms. The van der Waals surface area contributed by atoms with Crippen LogP contribution in [0, 0.1) is 0 Å². The van der Waals surface area contributed by atoms with Crippen LogP contribution in [0.5, 0.6) is 0 Å². The van der Waals surface area contributed by atoms with E-state index in [9.17, 15) is 22.8 Å². The number of nitrogens with zero attached hydrogens (tertiary/aromatic N) is 3. The number of carbonyl (C=O) groups excluding carboxylic acids is 3. The van der Waals surface area contributed by atoms with Crippen molar-refractivity contribution in [2.45, 2.75) is 51.9 Å². The lowest BCUT2D eigenvalue weighted by Crippen LogP contribution is -2.48. The summed E-state index contributed by atoms with van der Waals surface area (Å²) in [4.78, 5) is 41.3. The first-order valence-corrected chi connectivity index (χ1v) is 13.9. The molecule has 9 heteroatoms. The van der Waals surface area contributed by atoms with Crippen molar-refractivity contribution in [1.82, 2.24) is 9.21 Å². The highest BCUT2D eigenvalue weighted by molar-refractivity contribution is 7.88. The Balaban J connectivity index is 1.22. The van der Waals surface area contributed by atoms with Crippen LogP contribution in [0.1, 0.15) is 61.4 Å². The number of benzene rings is 1. The van der Waals surface area contributed by atoms with Crippen LogP contribution in [0.2, 0.25) is 0 Å². The van der Waals surface area contributed by atoms with Crippen LogP contribution >= 0.6 is 0 Å². The summed E-state index contributed by atoms with van der Waals surface area (Å²) in [6.45, 7) is 5.32. The van der Waals surface area contributed by atoms with Gasteiger partial charge in [-0.1, -0.05) is 12.8 Å². The van der Waals surface area contributed by atoms with Gasteiger partial charge in [-0.3, -0.25) is 14.4 Å². The number of imide groups is 1. The molecule has 0 aromatic heterocycles. The summed E-state index contributed by atoms with van der Waals surface area (Å²) >= 11 is 0.